The van der Waals surface area contributed by atoms with E-state index in [0.29, 0.717) is 18.5 Å². The van der Waals surface area contributed by atoms with E-state index >= 15 is 0 Å². The fraction of sp³-hybridized carbons (Fsp3) is 0.278. The van der Waals surface area contributed by atoms with Gasteiger partial charge in [-0.15, -0.1) is 0 Å². The first-order chi connectivity index (χ1) is 11.8. The Morgan fingerprint density at radius 3 is 2.83 bits per heavy atom. The van der Waals surface area contributed by atoms with Gasteiger partial charge in [0.05, 0.1) is 17.4 Å². The summed E-state index contributed by atoms with van der Waals surface area (Å²) in [4.78, 5) is 17.5. The van der Waals surface area contributed by atoms with Gasteiger partial charge in [0, 0.05) is 17.8 Å². The number of fused-ring (bicyclic) bond motifs is 1. The van der Waals surface area contributed by atoms with Gasteiger partial charge in [0.1, 0.15) is 5.54 Å². The monoisotopic (exact) mass is 321 g/mol. The van der Waals surface area contributed by atoms with E-state index in [-0.39, 0.29) is 5.91 Å². The third-order valence-electron chi connectivity index (χ3n) is 4.64. The van der Waals surface area contributed by atoms with Crippen LogP contribution in [0.15, 0.2) is 55.0 Å². The molecule has 3 aromatic rings. The van der Waals surface area contributed by atoms with Crippen LogP contribution in [-0.4, -0.2) is 33.8 Å². The predicted molar refractivity (Wildman–Crippen MR) is 92.7 cm³/mol. The summed E-state index contributed by atoms with van der Waals surface area (Å²) in [5.41, 5.74) is 0.975. The number of carbonyl (C=O) groups excluding carboxylic acids is 1. The number of hydrogen-bond acceptors (Lipinski definition) is 4. The largest absolute Gasteiger partial charge is 0.323 e. The van der Waals surface area contributed by atoms with Crippen LogP contribution in [0.25, 0.3) is 10.9 Å². The minimum atomic E-state index is -0.652. The Balaban J connectivity index is 1.65. The zero-order chi connectivity index (χ0) is 16.4. The Kier molecular flexibility index (Phi) is 3.74. The third kappa shape index (κ3) is 2.55. The van der Waals surface area contributed by atoms with Crippen molar-refractivity contribution in [3.05, 3.63) is 55.0 Å². The Morgan fingerprint density at radius 2 is 2.04 bits per heavy atom. The average Bonchev–Trinajstić information content (AvgIpc) is 3.17. The zero-order valence-corrected chi connectivity index (χ0v) is 13.3. The molecule has 0 bridgehead atoms. The summed E-state index contributed by atoms with van der Waals surface area (Å²) in [6.07, 6.45) is 6.71. The van der Waals surface area contributed by atoms with Gasteiger partial charge in [0.25, 0.3) is 5.91 Å². The molecule has 4 rings (SSSR count). The molecule has 1 saturated heterocycles. The number of benzene rings is 1. The number of anilines is 1. The minimum Gasteiger partial charge on any atom is -0.323 e. The van der Waals surface area contributed by atoms with Gasteiger partial charge >= 0.3 is 0 Å². The first-order valence-electron chi connectivity index (χ1n) is 8.15. The SMILES string of the molecule is O=C(Nc1cnc2ccccc2c1)C1(n2cccn2)CCNCC1. The lowest BCUT2D eigenvalue weighted by molar-refractivity contribution is -0.126. The molecule has 1 amide bonds. The van der Waals surface area contributed by atoms with Crippen molar-refractivity contribution in [2.45, 2.75) is 18.4 Å². The summed E-state index contributed by atoms with van der Waals surface area (Å²) in [7, 11) is 0. The summed E-state index contributed by atoms with van der Waals surface area (Å²) < 4.78 is 1.79. The summed E-state index contributed by atoms with van der Waals surface area (Å²) in [6.45, 7) is 1.59. The van der Waals surface area contributed by atoms with Gasteiger partial charge in [-0.2, -0.15) is 5.10 Å². The molecule has 24 heavy (non-hydrogen) atoms. The molecule has 1 fully saturated rings. The molecule has 1 aliphatic heterocycles. The molecule has 122 valence electrons. The number of aromatic nitrogens is 3. The summed E-state index contributed by atoms with van der Waals surface area (Å²) in [5, 5.41) is 11.7. The van der Waals surface area contributed by atoms with E-state index < -0.39 is 5.54 Å². The Labute approximate surface area is 139 Å². The van der Waals surface area contributed by atoms with Crippen molar-refractivity contribution in [3.8, 4) is 0 Å². The van der Waals surface area contributed by atoms with Gasteiger partial charge in [-0.3, -0.25) is 14.5 Å². The molecule has 0 saturated carbocycles. The molecular formula is C18H19N5O. The molecule has 3 heterocycles. The van der Waals surface area contributed by atoms with Crippen molar-refractivity contribution in [1.82, 2.24) is 20.1 Å². The number of nitrogens with zero attached hydrogens (tertiary/aromatic N) is 3. The van der Waals surface area contributed by atoms with Crippen molar-refractivity contribution in [2.24, 2.45) is 0 Å². The van der Waals surface area contributed by atoms with Crippen LogP contribution in [0.4, 0.5) is 5.69 Å². The second kappa shape index (κ2) is 6.05. The van der Waals surface area contributed by atoms with Crippen molar-refractivity contribution in [2.75, 3.05) is 18.4 Å². The maximum Gasteiger partial charge on any atom is 0.252 e. The van der Waals surface area contributed by atoms with Crippen LogP contribution in [0.3, 0.4) is 0 Å². The fourth-order valence-electron chi connectivity index (χ4n) is 3.31. The first kappa shape index (κ1) is 14.8. The molecule has 1 aliphatic rings. The van der Waals surface area contributed by atoms with Crippen molar-refractivity contribution < 1.29 is 4.79 Å². The summed E-state index contributed by atoms with van der Waals surface area (Å²) in [5.74, 6) is -0.0372. The average molecular weight is 321 g/mol. The highest BCUT2D eigenvalue weighted by molar-refractivity contribution is 5.98. The van der Waals surface area contributed by atoms with E-state index in [0.717, 1.165) is 24.0 Å². The second-order valence-electron chi connectivity index (χ2n) is 6.10. The summed E-state index contributed by atoms with van der Waals surface area (Å²) >= 11 is 0. The quantitative estimate of drug-likeness (QED) is 0.775. The molecule has 6 nitrogen and oxygen atoms in total. The van der Waals surface area contributed by atoms with E-state index in [1.54, 1.807) is 17.1 Å². The lowest BCUT2D eigenvalue weighted by Gasteiger charge is -2.36. The maximum absolute atomic E-state index is 13.1. The molecule has 2 aromatic heterocycles. The highest BCUT2D eigenvalue weighted by Crippen LogP contribution is 2.29. The van der Waals surface area contributed by atoms with Crippen LogP contribution in [0, 0.1) is 0 Å². The van der Waals surface area contributed by atoms with E-state index in [1.807, 2.05) is 42.6 Å². The highest BCUT2D eigenvalue weighted by Gasteiger charge is 2.42. The third-order valence-corrected chi connectivity index (χ3v) is 4.64. The van der Waals surface area contributed by atoms with Crippen LogP contribution in [-0.2, 0) is 10.3 Å². The molecule has 0 aliphatic carbocycles. The fourth-order valence-corrected chi connectivity index (χ4v) is 3.31. The smallest absolute Gasteiger partial charge is 0.252 e. The van der Waals surface area contributed by atoms with Crippen LogP contribution in [0.5, 0.6) is 0 Å². The Morgan fingerprint density at radius 1 is 1.21 bits per heavy atom. The molecule has 0 spiro atoms. The lowest BCUT2D eigenvalue weighted by Crippen LogP contribution is -2.52. The van der Waals surface area contributed by atoms with Gasteiger partial charge in [0.2, 0.25) is 0 Å². The van der Waals surface area contributed by atoms with Gasteiger partial charge in [-0.25, -0.2) is 0 Å². The Bertz CT molecular complexity index is 853. The number of rotatable bonds is 3. The topological polar surface area (TPSA) is 71.8 Å². The Hall–Kier alpha value is -2.73. The van der Waals surface area contributed by atoms with E-state index in [1.165, 1.54) is 0 Å². The number of nitrogens with one attached hydrogen (secondary N) is 2. The van der Waals surface area contributed by atoms with E-state index in [9.17, 15) is 4.79 Å². The van der Waals surface area contributed by atoms with Crippen LogP contribution < -0.4 is 10.6 Å². The first-order valence-corrected chi connectivity index (χ1v) is 8.15. The zero-order valence-electron chi connectivity index (χ0n) is 13.3. The molecular weight excluding hydrogens is 302 g/mol. The van der Waals surface area contributed by atoms with Gasteiger partial charge < -0.3 is 10.6 Å². The minimum absolute atomic E-state index is 0.0372. The second-order valence-corrected chi connectivity index (χ2v) is 6.10. The normalized spacial score (nSPS) is 16.8. The van der Waals surface area contributed by atoms with E-state index in [2.05, 4.69) is 20.7 Å². The standard InChI is InChI=1S/C18H19N5O/c24-17(18(6-9-19-10-7-18)23-11-3-8-21-23)22-15-12-14-4-1-2-5-16(14)20-13-15/h1-5,8,11-13,19H,6-7,9-10H2,(H,22,24). The molecule has 0 radical (unpaired) electrons. The molecule has 0 atom stereocenters. The highest BCUT2D eigenvalue weighted by atomic mass is 16.2. The van der Waals surface area contributed by atoms with Crippen LogP contribution in [0.2, 0.25) is 0 Å². The number of carbonyl (C=O) groups is 1. The molecule has 0 unspecified atom stereocenters. The summed E-state index contributed by atoms with van der Waals surface area (Å²) in [6, 6.07) is 11.7. The van der Waals surface area contributed by atoms with Crippen molar-refractivity contribution >= 4 is 22.5 Å². The lowest BCUT2D eigenvalue weighted by atomic mass is 9.87. The molecule has 1 aromatic carbocycles. The number of para-hydroxylation sites is 1. The van der Waals surface area contributed by atoms with Crippen LogP contribution in [0.1, 0.15) is 12.8 Å². The van der Waals surface area contributed by atoms with Gasteiger partial charge in [0.15, 0.2) is 0 Å². The predicted octanol–water partition coefficient (Wildman–Crippen LogP) is 2.15. The van der Waals surface area contributed by atoms with E-state index in [4.69, 9.17) is 0 Å². The number of amides is 1. The van der Waals surface area contributed by atoms with Crippen molar-refractivity contribution in [3.63, 3.8) is 0 Å². The van der Waals surface area contributed by atoms with Crippen molar-refractivity contribution in [1.29, 1.82) is 0 Å². The maximum atomic E-state index is 13.1. The van der Waals surface area contributed by atoms with Gasteiger partial charge in [-0.05, 0) is 44.1 Å². The number of piperidine rings is 1. The number of pyridine rings is 1. The van der Waals surface area contributed by atoms with Gasteiger partial charge in [-0.1, -0.05) is 18.2 Å². The van der Waals surface area contributed by atoms with Crippen LogP contribution >= 0.6 is 0 Å². The molecule has 6 heteroatoms. The number of hydrogen-bond donors (Lipinski definition) is 2. The molecule has 2 N–H and O–H groups in total.